The number of amides is 3. The number of aliphatic carboxylic acids is 2. The molecule has 27 heavy (non-hydrogen) atoms. The summed E-state index contributed by atoms with van der Waals surface area (Å²) in [4.78, 5) is 58.4. The van der Waals surface area contributed by atoms with Gasteiger partial charge < -0.3 is 31.9 Å². The minimum Gasteiger partial charge on any atom is -0.481 e. The van der Waals surface area contributed by atoms with Crippen molar-refractivity contribution in [3.63, 3.8) is 0 Å². The smallest absolute Gasteiger partial charge is 0.326 e. The molecule has 0 aliphatic heterocycles. The van der Waals surface area contributed by atoms with Crippen LogP contribution in [-0.2, 0) is 24.0 Å². The highest BCUT2D eigenvalue weighted by atomic mass is 32.1. The molecule has 11 nitrogen and oxygen atoms in total. The molecule has 7 N–H and O–H groups in total. The molecular formula is C15H26N4O7S. The lowest BCUT2D eigenvalue weighted by Gasteiger charge is -2.24. The first kappa shape index (κ1) is 24.7. The molecule has 0 aliphatic rings. The van der Waals surface area contributed by atoms with Gasteiger partial charge in [0.25, 0.3) is 0 Å². The topological polar surface area (TPSA) is 188 Å². The SMILES string of the molecule is CC(N)C(=O)NC(CS)C(=O)NC(CC(=O)O)C(=O)NC(C(=O)O)C(C)C. The van der Waals surface area contributed by atoms with Gasteiger partial charge in [-0.3, -0.25) is 19.2 Å². The van der Waals surface area contributed by atoms with Crippen LogP contribution in [0, 0.1) is 5.92 Å². The maximum Gasteiger partial charge on any atom is 0.326 e. The lowest BCUT2D eigenvalue weighted by Crippen LogP contribution is -2.58. The zero-order chi connectivity index (χ0) is 21.3. The Bertz CT molecular complexity index is 583. The molecule has 0 spiro atoms. The van der Waals surface area contributed by atoms with Crippen LogP contribution in [0.3, 0.4) is 0 Å². The highest BCUT2D eigenvalue weighted by molar-refractivity contribution is 7.80. The minimum absolute atomic E-state index is 0.130. The second-order valence-corrected chi connectivity index (χ2v) is 6.63. The van der Waals surface area contributed by atoms with Gasteiger partial charge in [-0.25, -0.2) is 4.79 Å². The van der Waals surface area contributed by atoms with E-state index in [9.17, 15) is 24.0 Å². The van der Waals surface area contributed by atoms with E-state index in [0.717, 1.165) is 0 Å². The number of rotatable bonds is 11. The Hall–Kier alpha value is -2.34. The van der Waals surface area contributed by atoms with E-state index in [1.807, 2.05) is 0 Å². The van der Waals surface area contributed by atoms with E-state index in [4.69, 9.17) is 15.9 Å². The predicted molar refractivity (Wildman–Crippen MR) is 98.0 cm³/mol. The van der Waals surface area contributed by atoms with Crippen LogP contribution < -0.4 is 21.7 Å². The first-order valence-electron chi connectivity index (χ1n) is 8.12. The standard InChI is InChI=1S/C15H26N4O7S/c1-6(2)11(15(25)26)19-13(23)8(4-10(20)21)17-14(24)9(5-27)18-12(22)7(3)16/h6-9,11,27H,4-5,16H2,1-3H3,(H,17,24)(H,18,22)(H,19,23)(H,20,21)(H,25,26). The molecule has 12 heteroatoms. The van der Waals surface area contributed by atoms with Gasteiger partial charge in [0, 0.05) is 5.75 Å². The van der Waals surface area contributed by atoms with Crippen molar-refractivity contribution in [3.8, 4) is 0 Å². The maximum absolute atomic E-state index is 12.3. The van der Waals surface area contributed by atoms with Crippen molar-refractivity contribution in [3.05, 3.63) is 0 Å². The molecule has 4 atom stereocenters. The van der Waals surface area contributed by atoms with Gasteiger partial charge in [0.2, 0.25) is 17.7 Å². The fourth-order valence-corrected chi connectivity index (χ4v) is 2.18. The Morgan fingerprint density at radius 3 is 1.74 bits per heavy atom. The van der Waals surface area contributed by atoms with E-state index >= 15 is 0 Å². The highest BCUT2D eigenvalue weighted by Gasteiger charge is 2.31. The Morgan fingerprint density at radius 1 is 0.889 bits per heavy atom. The minimum atomic E-state index is -1.54. The number of nitrogens with one attached hydrogen (secondary N) is 3. The summed E-state index contributed by atoms with van der Waals surface area (Å²) >= 11 is 3.94. The monoisotopic (exact) mass is 406 g/mol. The Morgan fingerprint density at radius 2 is 1.37 bits per heavy atom. The van der Waals surface area contributed by atoms with Crippen molar-refractivity contribution in [2.24, 2.45) is 11.7 Å². The molecule has 0 rings (SSSR count). The predicted octanol–water partition coefficient (Wildman–Crippen LogP) is -2.07. The zero-order valence-electron chi connectivity index (χ0n) is 15.3. The van der Waals surface area contributed by atoms with E-state index in [1.54, 1.807) is 13.8 Å². The fourth-order valence-electron chi connectivity index (χ4n) is 1.92. The summed E-state index contributed by atoms with van der Waals surface area (Å²) in [6.45, 7) is 4.52. The van der Waals surface area contributed by atoms with Gasteiger partial charge >= 0.3 is 11.9 Å². The van der Waals surface area contributed by atoms with Crippen molar-refractivity contribution < 1.29 is 34.2 Å². The lowest BCUT2D eigenvalue weighted by molar-refractivity contribution is -0.144. The van der Waals surface area contributed by atoms with Crippen molar-refractivity contribution in [2.45, 2.75) is 51.4 Å². The summed E-state index contributed by atoms with van der Waals surface area (Å²) in [5.74, 6) is -5.72. The van der Waals surface area contributed by atoms with E-state index < -0.39 is 66.2 Å². The van der Waals surface area contributed by atoms with Gasteiger partial charge in [-0.2, -0.15) is 12.6 Å². The molecule has 0 aromatic heterocycles. The third kappa shape index (κ3) is 8.73. The van der Waals surface area contributed by atoms with Gasteiger partial charge in [0.05, 0.1) is 12.5 Å². The molecule has 0 saturated carbocycles. The van der Waals surface area contributed by atoms with E-state index in [0.29, 0.717) is 0 Å². The molecular weight excluding hydrogens is 380 g/mol. The molecule has 154 valence electrons. The van der Waals surface area contributed by atoms with E-state index in [-0.39, 0.29) is 5.75 Å². The number of hydrogen-bond acceptors (Lipinski definition) is 7. The normalized spacial score (nSPS) is 15.2. The van der Waals surface area contributed by atoms with Crippen LogP contribution in [0.25, 0.3) is 0 Å². The molecule has 0 aromatic carbocycles. The molecule has 0 fully saturated rings. The largest absolute Gasteiger partial charge is 0.481 e. The van der Waals surface area contributed by atoms with Crippen LogP contribution >= 0.6 is 12.6 Å². The van der Waals surface area contributed by atoms with Crippen LogP contribution in [0.2, 0.25) is 0 Å². The Kier molecular flexibility index (Phi) is 10.4. The molecule has 0 aliphatic carbocycles. The average molecular weight is 406 g/mol. The van der Waals surface area contributed by atoms with Gasteiger partial charge in [0.1, 0.15) is 18.1 Å². The number of nitrogens with two attached hydrogens (primary N) is 1. The number of carboxylic acids is 2. The van der Waals surface area contributed by atoms with Crippen molar-refractivity contribution in [2.75, 3.05) is 5.75 Å². The molecule has 0 bridgehead atoms. The molecule has 4 unspecified atom stereocenters. The fraction of sp³-hybridized carbons (Fsp3) is 0.667. The van der Waals surface area contributed by atoms with Crippen molar-refractivity contribution >= 4 is 42.3 Å². The third-order valence-electron chi connectivity index (χ3n) is 3.47. The summed E-state index contributed by atoms with van der Waals surface area (Å²) in [7, 11) is 0. The Balaban J connectivity index is 5.25. The first-order valence-corrected chi connectivity index (χ1v) is 8.76. The highest BCUT2D eigenvalue weighted by Crippen LogP contribution is 2.04. The summed E-state index contributed by atoms with van der Waals surface area (Å²) < 4.78 is 0. The van der Waals surface area contributed by atoms with Crippen LogP contribution in [0.4, 0.5) is 0 Å². The molecule has 0 heterocycles. The molecule has 0 radical (unpaired) electrons. The third-order valence-corrected chi connectivity index (χ3v) is 3.84. The number of hydrogen-bond donors (Lipinski definition) is 7. The molecule has 0 aromatic rings. The quantitative estimate of drug-likeness (QED) is 0.191. The lowest BCUT2D eigenvalue weighted by atomic mass is 10.0. The molecule has 3 amide bonds. The zero-order valence-corrected chi connectivity index (χ0v) is 16.2. The van der Waals surface area contributed by atoms with Gasteiger partial charge in [0.15, 0.2) is 0 Å². The van der Waals surface area contributed by atoms with Crippen molar-refractivity contribution in [1.82, 2.24) is 16.0 Å². The van der Waals surface area contributed by atoms with Gasteiger partial charge in [-0.05, 0) is 12.8 Å². The number of carboxylic acid groups (broad SMARTS) is 2. The number of carbonyl (C=O) groups excluding carboxylic acids is 3. The van der Waals surface area contributed by atoms with E-state index in [1.165, 1.54) is 6.92 Å². The summed E-state index contributed by atoms with van der Waals surface area (Å²) in [5.41, 5.74) is 5.40. The number of thiol groups is 1. The van der Waals surface area contributed by atoms with Crippen LogP contribution in [0.15, 0.2) is 0 Å². The first-order chi connectivity index (χ1) is 12.4. The van der Waals surface area contributed by atoms with Gasteiger partial charge in [-0.1, -0.05) is 13.8 Å². The Labute approximate surface area is 161 Å². The molecule has 0 saturated heterocycles. The van der Waals surface area contributed by atoms with E-state index in [2.05, 4.69) is 28.6 Å². The van der Waals surface area contributed by atoms with Crippen LogP contribution in [0.5, 0.6) is 0 Å². The van der Waals surface area contributed by atoms with Crippen LogP contribution in [-0.4, -0.2) is 69.8 Å². The van der Waals surface area contributed by atoms with Crippen molar-refractivity contribution in [1.29, 1.82) is 0 Å². The number of carbonyl (C=O) groups is 5. The second-order valence-electron chi connectivity index (χ2n) is 6.26. The summed E-state index contributed by atoms with van der Waals surface area (Å²) in [6.07, 6.45) is -0.775. The van der Waals surface area contributed by atoms with Gasteiger partial charge in [-0.15, -0.1) is 0 Å². The maximum atomic E-state index is 12.3. The summed E-state index contributed by atoms with van der Waals surface area (Å²) in [6, 6.07) is -4.84. The average Bonchev–Trinajstić information content (AvgIpc) is 2.54. The second kappa shape index (κ2) is 11.4. The van der Waals surface area contributed by atoms with Crippen LogP contribution in [0.1, 0.15) is 27.2 Å². The summed E-state index contributed by atoms with van der Waals surface area (Å²) in [5, 5.41) is 24.8.